The first-order valence-corrected chi connectivity index (χ1v) is 8.19. The molecule has 1 heterocycles. The molecule has 0 fully saturated rings. The van der Waals surface area contributed by atoms with Crippen molar-refractivity contribution < 1.29 is 17.9 Å². The lowest BCUT2D eigenvalue weighted by molar-refractivity contribution is 0.299. The van der Waals surface area contributed by atoms with Gasteiger partial charge in [-0.1, -0.05) is 12.1 Å². The third-order valence-electron chi connectivity index (χ3n) is 3.15. The number of aliphatic hydroxyl groups is 1. The van der Waals surface area contributed by atoms with Crippen LogP contribution in [0, 0.1) is 6.92 Å². The van der Waals surface area contributed by atoms with Gasteiger partial charge < -0.3 is 9.52 Å². The lowest BCUT2D eigenvalue weighted by atomic mass is 10.2. The minimum atomic E-state index is -3.60. The van der Waals surface area contributed by atoms with E-state index in [1.54, 1.807) is 31.2 Å². The zero-order valence-electron chi connectivity index (χ0n) is 12.0. The first-order valence-electron chi connectivity index (χ1n) is 6.71. The summed E-state index contributed by atoms with van der Waals surface area (Å²) in [5.41, 5.74) is 0.895. The summed E-state index contributed by atoms with van der Waals surface area (Å²) in [5, 5.41) is 8.85. The summed E-state index contributed by atoms with van der Waals surface area (Å²) in [7, 11) is -3.60. The Kier molecular flexibility index (Phi) is 4.82. The number of furan rings is 1. The number of rotatable bonds is 6. The van der Waals surface area contributed by atoms with E-state index in [-0.39, 0.29) is 11.5 Å². The van der Waals surface area contributed by atoms with Gasteiger partial charge in [-0.25, -0.2) is 13.1 Å². The highest BCUT2D eigenvalue weighted by Crippen LogP contribution is 2.19. The highest BCUT2D eigenvalue weighted by atomic mass is 32.2. The molecule has 0 saturated carbocycles. The van der Waals surface area contributed by atoms with Crippen LogP contribution < -0.4 is 4.72 Å². The van der Waals surface area contributed by atoms with E-state index in [0.717, 1.165) is 11.3 Å². The van der Waals surface area contributed by atoms with Crippen molar-refractivity contribution in [1.82, 2.24) is 4.72 Å². The van der Waals surface area contributed by atoms with Crippen LogP contribution in [0.15, 0.2) is 45.7 Å². The van der Waals surface area contributed by atoms with Crippen LogP contribution in [0.1, 0.15) is 30.0 Å². The molecule has 0 aliphatic heterocycles. The lowest BCUT2D eigenvalue weighted by Crippen LogP contribution is -2.26. The van der Waals surface area contributed by atoms with E-state index in [0.29, 0.717) is 12.2 Å². The third kappa shape index (κ3) is 3.93. The highest BCUT2D eigenvalue weighted by molar-refractivity contribution is 7.89. The van der Waals surface area contributed by atoms with E-state index < -0.39 is 16.1 Å². The van der Waals surface area contributed by atoms with Crippen molar-refractivity contribution in [3.63, 3.8) is 0 Å². The van der Waals surface area contributed by atoms with E-state index in [2.05, 4.69) is 4.72 Å². The lowest BCUT2D eigenvalue weighted by Gasteiger charge is -2.12. The summed E-state index contributed by atoms with van der Waals surface area (Å²) < 4.78 is 32.6. The van der Waals surface area contributed by atoms with Crippen molar-refractivity contribution in [1.29, 1.82) is 0 Å². The first-order chi connectivity index (χ1) is 9.92. The van der Waals surface area contributed by atoms with Gasteiger partial charge in [-0.15, -0.1) is 0 Å². The largest absolute Gasteiger partial charge is 0.465 e. The monoisotopic (exact) mass is 309 g/mol. The van der Waals surface area contributed by atoms with Gasteiger partial charge in [0.25, 0.3) is 0 Å². The van der Waals surface area contributed by atoms with E-state index >= 15 is 0 Å². The van der Waals surface area contributed by atoms with Gasteiger partial charge in [-0.3, -0.25) is 0 Å². The minimum absolute atomic E-state index is 0.0409. The maximum Gasteiger partial charge on any atom is 0.241 e. The van der Waals surface area contributed by atoms with E-state index in [4.69, 9.17) is 9.52 Å². The molecule has 1 aromatic heterocycles. The van der Waals surface area contributed by atoms with Crippen LogP contribution in [0.4, 0.5) is 0 Å². The normalized spacial score (nSPS) is 13.3. The molecule has 1 aromatic carbocycles. The van der Waals surface area contributed by atoms with E-state index in [1.165, 1.54) is 12.1 Å². The number of aliphatic hydroxyl groups excluding tert-OH is 1. The van der Waals surface area contributed by atoms with Crippen molar-refractivity contribution in [3.8, 4) is 0 Å². The van der Waals surface area contributed by atoms with Gasteiger partial charge in [0, 0.05) is 6.61 Å². The van der Waals surface area contributed by atoms with Gasteiger partial charge in [-0.2, -0.15) is 0 Å². The van der Waals surface area contributed by atoms with Crippen LogP contribution in [0.3, 0.4) is 0 Å². The molecule has 2 N–H and O–H groups in total. The van der Waals surface area contributed by atoms with Crippen LogP contribution in [-0.2, 0) is 16.4 Å². The van der Waals surface area contributed by atoms with Crippen molar-refractivity contribution in [2.45, 2.75) is 31.2 Å². The number of nitrogens with one attached hydrogen (secondary N) is 1. The molecule has 21 heavy (non-hydrogen) atoms. The average Bonchev–Trinajstić information content (AvgIpc) is 2.86. The molecule has 114 valence electrons. The minimum Gasteiger partial charge on any atom is -0.465 e. The molecule has 2 rings (SSSR count). The average molecular weight is 309 g/mol. The number of hydrogen-bond donors (Lipinski definition) is 2. The van der Waals surface area contributed by atoms with Crippen molar-refractivity contribution in [2.24, 2.45) is 0 Å². The number of benzene rings is 1. The SMILES string of the molecule is Cc1ccc(C(C)NS(=O)(=O)c2ccc(CCO)cc2)o1. The van der Waals surface area contributed by atoms with Gasteiger partial charge >= 0.3 is 0 Å². The summed E-state index contributed by atoms with van der Waals surface area (Å²) >= 11 is 0. The Balaban J connectivity index is 2.14. The maximum absolute atomic E-state index is 12.3. The molecule has 1 atom stereocenters. The second-order valence-corrected chi connectivity index (χ2v) is 6.62. The second-order valence-electron chi connectivity index (χ2n) is 4.91. The Morgan fingerprint density at radius 2 is 1.86 bits per heavy atom. The Bertz CT molecular complexity index is 689. The smallest absolute Gasteiger partial charge is 0.241 e. The molecule has 0 aliphatic carbocycles. The number of sulfonamides is 1. The summed E-state index contributed by atoms with van der Waals surface area (Å²) in [6, 6.07) is 9.58. The van der Waals surface area contributed by atoms with Gasteiger partial charge in [0.2, 0.25) is 10.0 Å². The summed E-state index contributed by atoms with van der Waals surface area (Å²) in [6.07, 6.45) is 0.510. The molecule has 0 spiro atoms. The molecule has 0 radical (unpaired) electrons. The number of hydrogen-bond acceptors (Lipinski definition) is 4. The molecule has 2 aromatic rings. The Morgan fingerprint density at radius 3 is 2.38 bits per heavy atom. The molecular formula is C15H19NO4S. The van der Waals surface area contributed by atoms with Crippen LogP contribution in [0.25, 0.3) is 0 Å². The molecule has 0 saturated heterocycles. The predicted molar refractivity (Wildman–Crippen MR) is 79.4 cm³/mol. The first kappa shape index (κ1) is 15.8. The van der Waals surface area contributed by atoms with Crippen LogP contribution in [0.5, 0.6) is 0 Å². The van der Waals surface area contributed by atoms with Crippen LogP contribution >= 0.6 is 0 Å². The molecular weight excluding hydrogens is 290 g/mol. The summed E-state index contributed by atoms with van der Waals surface area (Å²) in [4.78, 5) is 0.194. The highest BCUT2D eigenvalue weighted by Gasteiger charge is 2.20. The quantitative estimate of drug-likeness (QED) is 0.857. The fraction of sp³-hybridized carbons (Fsp3) is 0.333. The predicted octanol–water partition coefficient (Wildman–Crippen LogP) is 2.16. The topological polar surface area (TPSA) is 79.5 Å². The molecule has 0 aliphatic rings. The zero-order chi connectivity index (χ0) is 15.5. The summed E-state index contributed by atoms with van der Waals surface area (Å²) in [5.74, 6) is 1.32. The van der Waals surface area contributed by atoms with Crippen molar-refractivity contribution >= 4 is 10.0 Å². The maximum atomic E-state index is 12.3. The molecule has 6 heteroatoms. The van der Waals surface area contributed by atoms with Crippen LogP contribution in [0.2, 0.25) is 0 Å². The van der Waals surface area contributed by atoms with E-state index in [9.17, 15) is 8.42 Å². The van der Waals surface area contributed by atoms with E-state index in [1.807, 2.05) is 6.92 Å². The Labute approximate surface area is 124 Å². The van der Waals surface area contributed by atoms with Gasteiger partial charge in [0.15, 0.2) is 0 Å². The van der Waals surface area contributed by atoms with Crippen LogP contribution in [-0.4, -0.2) is 20.1 Å². The fourth-order valence-corrected chi connectivity index (χ4v) is 3.22. The molecule has 0 amide bonds. The second kappa shape index (κ2) is 6.43. The third-order valence-corrected chi connectivity index (χ3v) is 4.71. The Hall–Kier alpha value is -1.63. The molecule has 1 unspecified atom stereocenters. The zero-order valence-corrected chi connectivity index (χ0v) is 12.9. The molecule has 0 bridgehead atoms. The summed E-state index contributed by atoms with van der Waals surface area (Å²) in [6.45, 7) is 3.58. The van der Waals surface area contributed by atoms with Gasteiger partial charge in [0.1, 0.15) is 11.5 Å². The standard InChI is InChI=1S/C15H19NO4S/c1-11-3-8-15(20-11)12(2)16-21(18,19)14-6-4-13(5-7-14)9-10-17/h3-8,12,16-17H,9-10H2,1-2H3. The Morgan fingerprint density at radius 1 is 1.19 bits per heavy atom. The van der Waals surface area contributed by atoms with Crippen molar-refractivity contribution in [3.05, 3.63) is 53.5 Å². The molecule has 5 nitrogen and oxygen atoms in total. The van der Waals surface area contributed by atoms with Crippen molar-refractivity contribution in [2.75, 3.05) is 6.61 Å². The van der Waals surface area contributed by atoms with Gasteiger partial charge in [-0.05, 0) is 50.1 Å². The van der Waals surface area contributed by atoms with Gasteiger partial charge in [0.05, 0.1) is 10.9 Å². The number of aryl methyl sites for hydroxylation is 1. The fourth-order valence-electron chi connectivity index (χ4n) is 2.01.